The zero-order chi connectivity index (χ0) is 14.5. The second-order valence-electron chi connectivity index (χ2n) is 4.50. The molecule has 20 heavy (non-hydrogen) atoms. The van der Waals surface area contributed by atoms with Gasteiger partial charge in [0.25, 0.3) is 0 Å². The molecule has 1 aromatic carbocycles. The quantitative estimate of drug-likeness (QED) is 0.869. The average molecular weight is 273 g/mol. The topological polar surface area (TPSA) is 83.4 Å². The molecule has 106 valence electrons. The zero-order valence-corrected chi connectivity index (χ0v) is 11.7. The molecule has 0 amide bonds. The SMILES string of the molecule is COc1ccc(C(N)Cc2cnccc2N)cc1OC. The Bertz CT molecular complexity index is 587. The van der Waals surface area contributed by atoms with Crippen molar-refractivity contribution in [1.29, 1.82) is 0 Å². The Balaban J connectivity index is 2.21. The van der Waals surface area contributed by atoms with Crippen LogP contribution in [-0.2, 0) is 6.42 Å². The molecule has 0 aliphatic heterocycles. The number of anilines is 1. The van der Waals surface area contributed by atoms with Crippen LogP contribution in [-0.4, -0.2) is 19.2 Å². The van der Waals surface area contributed by atoms with Crippen molar-refractivity contribution in [2.24, 2.45) is 5.73 Å². The van der Waals surface area contributed by atoms with Crippen LogP contribution in [0.25, 0.3) is 0 Å². The summed E-state index contributed by atoms with van der Waals surface area (Å²) in [5.74, 6) is 1.35. The first-order chi connectivity index (χ1) is 9.65. The molecule has 0 saturated carbocycles. The molecule has 1 atom stereocenters. The molecule has 4 N–H and O–H groups in total. The minimum Gasteiger partial charge on any atom is -0.493 e. The van der Waals surface area contributed by atoms with E-state index in [0.717, 1.165) is 11.1 Å². The Kier molecular flexibility index (Phi) is 4.42. The van der Waals surface area contributed by atoms with Crippen LogP contribution in [0.5, 0.6) is 11.5 Å². The van der Waals surface area contributed by atoms with Gasteiger partial charge < -0.3 is 20.9 Å². The Morgan fingerprint density at radius 1 is 1.15 bits per heavy atom. The van der Waals surface area contributed by atoms with Crippen molar-refractivity contribution in [3.8, 4) is 11.5 Å². The molecular weight excluding hydrogens is 254 g/mol. The van der Waals surface area contributed by atoms with Gasteiger partial charge >= 0.3 is 0 Å². The molecule has 5 nitrogen and oxygen atoms in total. The molecule has 0 spiro atoms. The van der Waals surface area contributed by atoms with Crippen LogP contribution in [0, 0.1) is 0 Å². The number of nitrogen functional groups attached to an aromatic ring is 1. The fourth-order valence-electron chi connectivity index (χ4n) is 2.05. The lowest BCUT2D eigenvalue weighted by Gasteiger charge is -2.15. The zero-order valence-electron chi connectivity index (χ0n) is 11.7. The van der Waals surface area contributed by atoms with Crippen LogP contribution < -0.4 is 20.9 Å². The summed E-state index contributed by atoms with van der Waals surface area (Å²) in [5, 5.41) is 0. The van der Waals surface area contributed by atoms with Gasteiger partial charge in [-0.2, -0.15) is 0 Å². The first-order valence-corrected chi connectivity index (χ1v) is 6.31. The highest BCUT2D eigenvalue weighted by Gasteiger charge is 2.12. The minimum atomic E-state index is -0.179. The number of hydrogen-bond acceptors (Lipinski definition) is 5. The van der Waals surface area contributed by atoms with Crippen LogP contribution >= 0.6 is 0 Å². The van der Waals surface area contributed by atoms with Crippen LogP contribution in [0.15, 0.2) is 36.7 Å². The highest BCUT2D eigenvalue weighted by Crippen LogP contribution is 2.30. The van der Waals surface area contributed by atoms with E-state index < -0.39 is 0 Å². The van der Waals surface area contributed by atoms with Crippen molar-refractivity contribution < 1.29 is 9.47 Å². The number of nitrogens with two attached hydrogens (primary N) is 2. The number of methoxy groups -OCH3 is 2. The summed E-state index contributed by atoms with van der Waals surface area (Å²) < 4.78 is 10.5. The number of hydrogen-bond donors (Lipinski definition) is 2. The lowest BCUT2D eigenvalue weighted by atomic mass is 9.99. The molecule has 5 heteroatoms. The lowest BCUT2D eigenvalue weighted by Crippen LogP contribution is -2.14. The number of rotatable bonds is 5. The van der Waals surface area contributed by atoms with Gasteiger partial charge in [-0.25, -0.2) is 0 Å². The third-order valence-corrected chi connectivity index (χ3v) is 3.22. The summed E-state index contributed by atoms with van der Waals surface area (Å²) in [4.78, 5) is 4.07. The Morgan fingerprint density at radius 3 is 2.55 bits per heavy atom. The van der Waals surface area contributed by atoms with Gasteiger partial charge in [0, 0.05) is 24.1 Å². The van der Waals surface area contributed by atoms with E-state index in [1.54, 1.807) is 32.7 Å². The van der Waals surface area contributed by atoms with E-state index in [0.29, 0.717) is 23.6 Å². The second kappa shape index (κ2) is 6.25. The standard InChI is InChI=1S/C15H19N3O2/c1-19-14-4-3-10(8-15(14)20-2)13(17)7-11-9-18-6-5-12(11)16/h3-6,8-9,13H,7,17H2,1-2H3,(H2,16,18). The molecule has 1 heterocycles. The van der Waals surface area contributed by atoms with Gasteiger partial charge in [0.1, 0.15) is 0 Å². The summed E-state index contributed by atoms with van der Waals surface area (Å²) in [6, 6.07) is 7.26. The summed E-state index contributed by atoms with van der Waals surface area (Å²) in [5.41, 5.74) is 14.7. The van der Waals surface area contributed by atoms with Crippen molar-refractivity contribution in [1.82, 2.24) is 4.98 Å². The molecule has 0 aliphatic carbocycles. The third-order valence-electron chi connectivity index (χ3n) is 3.22. The van der Waals surface area contributed by atoms with Crippen molar-refractivity contribution in [3.63, 3.8) is 0 Å². The summed E-state index contributed by atoms with van der Waals surface area (Å²) in [6.07, 6.45) is 4.03. The smallest absolute Gasteiger partial charge is 0.161 e. The highest BCUT2D eigenvalue weighted by atomic mass is 16.5. The predicted octanol–water partition coefficient (Wildman–Crippen LogP) is 1.92. The van der Waals surface area contributed by atoms with Crippen LogP contribution in [0.2, 0.25) is 0 Å². The summed E-state index contributed by atoms with van der Waals surface area (Å²) in [6.45, 7) is 0. The number of benzene rings is 1. The van der Waals surface area contributed by atoms with Gasteiger partial charge in [0.2, 0.25) is 0 Å². The fraction of sp³-hybridized carbons (Fsp3) is 0.267. The van der Waals surface area contributed by atoms with Crippen LogP contribution in [0.4, 0.5) is 5.69 Å². The van der Waals surface area contributed by atoms with Crippen molar-refractivity contribution >= 4 is 5.69 Å². The van der Waals surface area contributed by atoms with E-state index in [9.17, 15) is 0 Å². The van der Waals surface area contributed by atoms with E-state index in [4.69, 9.17) is 20.9 Å². The second-order valence-corrected chi connectivity index (χ2v) is 4.50. The predicted molar refractivity (Wildman–Crippen MR) is 78.8 cm³/mol. The largest absolute Gasteiger partial charge is 0.493 e. The minimum absolute atomic E-state index is 0.179. The number of nitrogens with zero attached hydrogens (tertiary/aromatic N) is 1. The molecule has 0 bridgehead atoms. The van der Waals surface area contributed by atoms with Crippen molar-refractivity contribution in [2.75, 3.05) is 20.0 Å². The Morgan fingerprint density at radius 2 is 1.90 bits per heavy atom. The Hall–Kier alpha value is -2.27. The van der Waals surface area contributed by atoms with E-state index >= 15 is 0 Å². The van der Waals surface area contributed by atoms with Gasteiger partial charge in [-0.1, -0.05) is 6.07 Å². The fourth-order valence-corrected chi connectivity index (χ4v) is 2.05. The maximum absolute atomic E-state index is 6.23. The van der Waals surface area contributed by atoms with Crippen LogP contribution in [0.1, 0.15) is 17.2 Å². The van der Waals surface area contributed by atoms with E-state index in [1.807, 2.05) is 18.2 Å². The first-order valence-electron chi connectivity index (χ1n) is 6.31. The molecule has 0 fully saturated rings. The normalized spacial score (nSPS) is 11.9. The van der Waals surface area contributed by atoms with Gasteiger partial charge in [-0.15, -0.1) is 0 Å². The molecule has 2 aromatic rings. The Labute approximate surface area is 118 Å². The van der Waals surface area contributed by atoms with Crippen molar-refractivity contribution in [3.05, 3.63) is 47.8 Å². The molecule has 0 saturated heterocycles. The third kappa shape index (κ3) is 3.00. The van der Waals surface area contributed by atoms with E-state index in [1.165, 1.54) is 0 Å². The van der Waals surface area contributed by atoms with Gasteiger partial charge in [0.05, 0.1) is 14.2 Å². The summed E-state index contributed by atoms with van der Waals surface area (Å²) in [7, 11) is 3.21. The average Bonchev–Trinajstić information content (AvgIpc) is 2.48. The number of ether oxygens (including phenoxy) is 2. The van der Waals surface area contributed by atoms with Crippen molar-refractivity contribution in [2.45, 2.75) is 12.5 Å². The van der Waals surface area contributed by atoms with E-state index in [-0.39, 0.29) is 6.04 Å². The monoisotopic (exact) mass is 273 g/mol. The lowest BCUT2D eigenvalue weighted by molar-refractivity contribution is 0.354. The molecule has 0 aliphatic rings. The van der Waals surface area contributed by atoms with Gasteiger partial charge in [-0.05, 0) is 35.7 Å². The molecule has 1 aromatic heterocycles. The van der Waals surface area contributed by atoms with Crippen LogP contribution in [0.3, 0.4) is 0 Å². The maximum atomic E-state index is 6.23. The first kappa shape index (κ1) is 14.1. The maximum Gasteiger partial charge on any atom is 0.161 e. The van der Waals surface area contributed by atoms with E-state index in [2.05, 4.69) is 4.98 Å². The molecule has 2 rings (SSSR count). The molecule has 0 radical (unpaired) electrons. The summed E-state index contributed by atoms with van der Waals surface area (Å²) >= 11 is 0. The molecular formula is C15H19N3O2. The number of aromatic nitrogens is 1. The van der Waals surface area contributed by atoms with Gasteiger partial charge in [-0.3, -0.25) is 4.98 Å². The number of pyridine rings is 1. The highest BCUT2D eigenvalue weighted by molar-refractivity contribution is 5.47. The van der Waals surface area contributed by atoms with Gasteiger partial charge in [0.15, 0.2) is 11.5 Å². The molecule has 1 unspecified atom stereocenters.